The Morgan fingerprint density at radius 2 is 1.86 bits per heavy atom. The van der Waals surface area contributed by atoms with Crippen molar-refractivity contribution in [1.29, 1.82) is 0 Å². The Hall–Kier alpha value is -2.87. The number of amides is 1. The van der Waals surface area contributed by atoms with Crippen molar-refractivity contribution in [3.63, 3.8) is 0 Å². The van der Waals surface area contributed by atoms with Crippen LogP contribution in [0.4, 0.5) is 18.9 Å². The number of benzene rings is 2. The molecule has 0 aliphatic heterocycles. The number of carbonyl (C=O) groups excluding carboxylic acids is 1. The number of alkyl halides is 3. The van der Waals surface area contributed by atoms with Gasteiger partial charge in [0.15, 0.2) is 0 Å². The molecule has 3 rings (SSSR count). The van der Waals surface area contributed by atoms with Crippen LogP contribution >= 0.6 is 0 Å². The van der Waals surface area contributed by atoms with Crippen LogP contribution in [0.25, 0.3) is 11.0 Å². The van der Waals surface area contributed by atoms with Gasteiger partial charge in [-0.25, -0.2) is 4.98 Å². The lowest BCUT2D eigenvalue weighted by Crippen LogP contribution is -2.23. The van der Waals surface area contributed by atoms with Gasteiger partial charge in [-0.2, -0.15) is 13.2 Å². The largest absolute Gasteiger partial charge is 0.449 e. The number of H-pyrrole nitrogens is 1. The normalized spacial score (nSPS) is 11.9. The van der Waals surface area contributed by atoms with Crippen LogP contribution in [0.5, 0.6) is 0 Å². The standard InChI is InChI=1S/C20H21F3N4O/c1-3-27(4-2)12-14-7-5-6-8-15(14)24-18(28)13-9-10-16-17(11-13)26-19(25-16)20(21,22)23/h5-11H,3-4,12H2,1-2H3,(H,24,28)(H,25,26). The van der Waals surface area contributed by atoms with Crippen LogP contribution in [0.3, 0.4) is 0 Å². The van der Waals surface area contributed by atoms with E-state index >= 15 is 0 Å². The molecule has 0 atom stereocenters. The van der Waals surface area contributed by atoms with E-state index in [1.807, 2.05) is 24.3 Å². The van der Waals surface area contributed by atoms with E-state index < -0.39 is 17.9 Å². The van der Waals surface area contributed by atoms with Gasteiger partial charge in [0.2, 0.25) is 5.82 Å². The number of aromatic nitrogens is 2. The fourth-order valence-electron chi connectivity index (χ4n) is 2.95. The number of nitrogens with one attached hydrogen (secondary N) is 2. The topological polar surface area (TPSA) is 61.0 Å². The van der Waals surface area contributed by atoms with E-state index in [2.05, 4.69) is 34.0 Å². The summed E-state index contributed by atoms with van der Waals surface area (Å²) in [4.78, 5) is 20.6. The number of rotatable bonds is 6. The van der Waals surface area contributed by atoms with Gasteiger partial charge in [-0.15, -0.1) is 0 Å². The Labute approximate surface area is 160 Å². The number of hydrogen-bond acceptors (Lipinski definition) is 3. The third kappa shape index (κ3) is 4.33. The van der Waals surface area contributed by atoms with Crippen LogP contribution in [0, 0.1) is 0 Å². The maximum Gasteiger partial charge on any atom is 0.449 e. The molecule has 2 N–H and O–H groups in total. The first-order chi connectivity index (χ1) is 13.3. The van der Waals surface area contributed by atoms with Gasteiger partial charge in [-0.05, 0) is 42.9 Å². The third-order valence-corrected chi connectivity index (χ3v) is 4.57. The van der Waals surface area contributed by atoms with Gasteiger partial charge in [0.05, 0.1) is 11.0 Å². The number of imidazole rings is 1. The van der Waals surface area contributed by atoms with E-state index in [1.54, 1.807) is 0 Å². The molecule has 8 heteroatoms. The lowest BCUT2D eigenvalue weighted by atomic mass is 10.1. The highest BCUT2D eigenvalue weighted by molar-refractivity contribution is 6.06. The Balaban J connectivity index is 1.83. The van der Waals surface area contributed by atoms with Gasteiger partial charge < -0.3 is 10.3 Å². The number of hydrogen-bond donors (Lipinski definition) is 2. The summed E-state index contributed by atoms with van der Waals surface area (Å²) >= 11 is 0. The molecule has 2 aromatic carbocycles. The number of aromatic amines is 1. The van der Waals surface area contributed by atoms with Crippen molar-refractivity contribution in [2.24, 2.45) is 0 Å². The number of nitrogens with zero attached hydrogens (tertiary/aromatic N) is 2. The van der Waals surface area contributed by atoms with Crippen molar-refractivity contribution in [1.82, 2.24) is 14.9 Å². The molecule has 0 radical (unpaired) electrons. The summed E-state index contributed by atoms with van der Waals surface area (Å²) in [7, 11) is 0. The quantitative estimate of drug-likeness (QED) is 0.643. The minimum atomic E-state index is -4.56. The summed E-state index contributed by atoms with van der Waals surface area (Å²) in [5.41, 5.74) is 2.23. The molecule has 0 fully saturated rings. The van der Waals surface area contributed by atoms with E-state index in [0.717, 1.165) is 18.7 Å². The van der Waals surface area contributed by atoms with Gasteiger partial charge >= 0.3 is 6.18 Å². The maximum absolute atomic E-state index is 12.8. The number of para-hydroxylation sites is 1. The van der Waals surface area contributed by atoms with E-state index in [9.17, 15) is 18.0 Å². The highest BCUT2D eigenvalue weighted by atomic mass is 19.4. The minimum absolute atomic E-state index is 0.158. The number of anilines is 1. The zero-order valence-electron chi connectivity index (χ0n) is 15.6. The first-order valence-electron chi connectivity index (χ1n) is 9.00. The van der Waals surface area contributed by atoms with Crippen LogP contribution in [-0.4, -0.2) is 33.9 Å². The molecular weight excluding hydrogens is 369 g/mol. The highest BCUT2D eigenvalue weighted by Gasteiger charge is 2.34. The molecule has 148 valence electrons. The fraction of sp³-hybridized carbons (Fsp3) is 0.300. The second kappa shape index (κ2) is 8.02. The Kier molecular flexibility index (Phi) is 5.69. The van der Waals surface area contributed by atoms with Crippen LogP contribution in [0.15, 0.2) is 42.5 Å². The molecule has 0 saturated heterocycles. The molecule has 5 nitrogen and oxygen atoms in total. The third-order valence-electron chi connectivity index (χ3n) is 4.57. The molecule has 0 aliphatic carbocycles. The zero-order valence-corrected chi connectivity index (χ0v) is 15.6. The van der Waals surface area contributed by atoms with Crippen LogP contribution < -0.4 is 5.32 Å². The highest BCUT2D eigenvalue weighted by Crippen LogP contribution is 2.29. The summed E-state index contributed by atoms with van der Waals surface area (Å²) in [5.74, 6) is -1.47. The molecular formula is C20H21F3N4O. The zero-order chi connectivity index (χ0) is 20.3. The minimum Gasteiger partial charge on any atom is -0.334 e. The van der Waals surface area contributed by atoms with Crippen molar-refractivity contribution in [3.8, 4) is 0 Å². The average molecular weight is 390 g/mol. The van der Waals surface area contributed by atoms with Crippen LogP contribution in [-0.2, 0) is 12.7 Å². The fourth-order valence-corrected chi connectivity index (χ4v) is 2.95. The van der Waals surface area contributed by atoms with Gasteiger partial charge in [-0.3, -0.25) is 9.69 Å². The molecule has 0 spiro atoms. The van der Waals surface area contributed by atoms with Crippen LogP contribution in [0.2, 0.25) is 0 Å². The lowest BCUT2D eigenvalue weighted by Gasteiger charge is -2.20. The van der Waals surface area contributed by atoms with Gasteiger partial charge in [0, 0.05) is 17.8 Å². The summed E-state index contributed by atoms with van der Waals surface area (Å²) in [6.07, 6.45) is -4.56. The SMILES string of the molecule is CCN(CC)Cc1ccccc1NC(=O)c1ccc2nc(C(F)(F)F)[nH]c2c1. The summed E-state index contributed by atoms with van der Waals surface area (Å²) in [6, 6.07) is 11.7. The molecule has 1 heterocycles. The van der Waals surface area contributed by atoms with Crippen molar-refractivity contribution in [2.75, 3.05) is 18.4 Å². The Bertz CT molecular complexity index is 977. The molecule has 0 saturated carbocycles. The van der Waals surface area contributed by atoms with Crippen molar-refractivity contribution in [3.05, 3.63) is 59.4 Å². The first kappa shape index (κ1) is 19.9. The molecule has 1 amide bonds. The molecule has 0 aliphatic rings. The van der Waals surface area contributed by atoms with Gasteiger partial charge in [0.25, 0.3) is 5.91 Å². The van der Waals surface area contributed by atoms with E-state index in [0.29, 0.717) is 12.2 Å². The smallest absolute Gasteiger partial charge is 0.334 e. The molecule has 28 heavy (non-hydrogen) atoms. The predicted molar refractivity (Wildman–Crippen MR) is 102 cm³/mol. The van der Waals surface area contributed by atoms with E-state index in [1.165, 1.54) is 18.2 Å². The van der Waals surface area contributed by atoms with E-state index in [4.69, 9.17) is 0 Å². The molecule has 1 aromatic heterocycles. The lowest BCUT2D eigenvalue weighted by molar-refractivity contribution is -0.144. The second-order valence-electron chi connectivity index (χ2n) is 6.39. The summed E-state index contributed by atoms with van der Waals surface area (Å²) in [6.45, 7) is 6.60. The number of halogens is 3. The Morgan fingerprint density at radius 3 is 2.54 bits per heavy atom. The van der Waals surface area contributed by atoms with Gasteiger partial charge in [-0.1, -0.05) is 32.0 Å². The summed E-state index contributed by atoms with van der Waals surface area (Å²) < 4.78 is 38.4. The maximum atomic E-state index is 12.8. The van der Waals surface area contributed by atoms with Gasteiger partial charge in [0.1, 0.15) is 0 Å². The summed E-state index contributed by atoms with van der Waals surface area (Å²) in [5, 5.41) is 2.86. The number of fused-ring (bicyclic) bond motifs is 1. The van der Waals surface area contributed by atoms with Crippen molar-refractivity contribution in [2.45, 2.75) is 26.6 Å². The van der Waals surface area contributed by atoms with E-state index in [-0.39, 0.29) is 16.6 Å². The van der Waals surface area contributed by atoms with Crippen molar-refractivity contribution < 1.29 is 18.0 Å². The second-order valence-corrected chi connectivity index (χ2v) is 6.39. The monoisotopic (exact) mass is 390 g/mol. The van der Waals surface area contributed by atoms with Crippen LogP contribution in [0.1, 0.15) is 35.6 Å². The first-order valence-corrected chi connectivity index (χ1v) is 9.00. The number of carbonyl (C=O) groups is 1. The average Bonchev–Trinajstić information content (AvgIpc) is 3.11. The molecule has 0 unspecified atom stereocenters. The Morgan fingerprint density at radius 1 is 1.14 bits per heavy atom. The predicted octanol–water partition coefficient (Wildman–Crippen LogP) is 4.68. The molecule has 3 aromatic rings. The van der Waals surface area contributed by atoms with Crippen molar-refractivity contribution >= 4 is 22.6 Å². The molecule has 0 bridgehead atoms.